The molecule has 0 unspecified atom stereocenters. The highest BCUT2D eigenvalue weighted by Gasteiger charge is 2.23. The summed E-state index contributed by atoms with van der Waals surface area (Å²) in [7, 11) is 0. The third-order valence-electron chi connectivity index (χ3n) is 2.70. The molecule has 1 N–H and O–H groups in total. The largest absolute Gasteiger partial charge is 0.445 e. The molecule has 0 bridgehead atoms. The topological polar surface area (TPSA) is 64.6 Å². The van der Waals surface area contributed by atoms with Crippen LogP contribution >= 0.6 is 0 Å². The minimum atomic E-state index is -0.744. The zero-order valence-corrected chi connectivity index (χ0v) is 12.4. The first-order chi connectivity index (χ1) is 10.0. The van der Waals surface area contributed by atoms with Gasteiger partial charge in [0.15, 0.2) is 0 Å². The van der Waals surface area contributed by atoms with E-state index in [1.165, 1.54) is 0 Å². The summed E-state index contributed by atoms with van der Waals surface area (Å²) in [4.78, 5) is 23.5. The molecular formula is C16H21NO4. The summed E-state index contributed by atoms with van der Waals surface area (Å²) < 4.78 is 9.81. The molecule has 0 saturated heterocycles. The van der Waals surface area contributed by atoms with Gasteiger partial charge >= 0.3 is 12.1 Å². The van der Waals surface area contributed by atoms with Crippen LogP contribution in [0, 0.1) is 5.92 Å². The van der Waals surface area contributed by atoms with Crippen molar-refractivity contribution in [2.45, 2.75) is 32.9 Å². The van der Waals surface area contributed by atoms with E-state index < -0.39 is 18.1 Å². The summed E-state index contributed by atoms with van der Waals surface area (Å²) in [5.41, 5.74) is 0.877. The molecule has 1 aromatic carbocycles. The summed E-state index contributed by atoms with van der Waals surface area (Å²) in [6.07, 6.45) is 0.866. The Hall–Kier alpha value is -2.30. The predicted molar refractivity (Wildman–Crippen MR) is 79.3 cm³/mol. The lowest BCUT2D eigenvalue weighted by Gasteiger charge is -2.18. The molecule has 0 aliphatic heterocycles. The molecule has 1 amide bonds. The fraction of sp³-hybridized carbons (Fsp3) is 0.375. The lowest BCUT2D eigenvalue weighted by atomic mass is 10.0. The number of amides is 1. The van der Waals surface area contributed by atoms with Crippen LogP contribution in [-0.2, 0) is 20.9 Å². The first-order valence-electron chi connectivity index (χ1n) is 6.81. The van der Waals surface area contributed by atoms with Gasteiger partial charge in [0.1, 0.15) is 12.6 Å². The molecule has 0 aromatic heterocycles. The molecular weight excluding hydrogens is 270 g/mol. The molecule has 5 nitrogen and oxygen atoms in total. The zero-order valence-electron chi connectivity index (χ0n) is 12.4. The number of benzene rings is 1. The number of hydrogen-bond acceptors (Lipinski definition) is 4. The fourth-order valence-corrected chi connectivity index (χ4v) is 1.76. The summed E-state index contributed by atoms with van der Waals surface area (Å²) in [5, 5.41) is 2.52. The van der Waals surface area contributed by atoms with Crippen LogP contribution in [-0.4, -0.2) is 18.1 Å². The van der Waals surface area contributed by atoms with Gasteiger partial charge in [-0.15, -0.1) is 0 Å². The van der Waals surface area contributed by atoms with Gasteiger partial charge in [0.25, 0.3) is 0 Å². The molecule has 114 valence electrons. The van der Waals surface area contributed by atoms with Crippen molar-refractivity contribution in [2.75, 3.05) is 0 Å². The molecule has 21 heavy (non-hydrogen) atoms. The third-order valence-corrected chi connectivity index (χ3v) is 2.70. The van der Waals surface area contributed by atoms with Gasteiger partial charge in [-0.25, -0.2) is 9.59 Å². The number of hydrogen-bond donors (Lipinski definition) is 1. The second-order valence-corrected chi connectivity index (χ2v) is 4.99. The second-order valence-electron chi connectivity index (χ2n) is 4.99. The van der Waals surface area contributed by atoms with E-state index in [0.717, 1.165) is 11.8 Å². The van der Waals surface area contributed by atoms with Crippen molar-refractivity contribution in [1.29, 1.82) is 0 Å². The van der Waals surface area contributed by atoms with Gasteiger partial charge in [-0.1, -0.05) is 50.8 Å². The first-order valence-corrected chi connectivity index (χ1v) is 6.81. The van der Waals surface area contributed by atoms with Gasteiger partial charge < -0.3 is 14.8 Å². The highest BCUT2D eigenvalue weighted by molar-refractivity contribution is 5.81. The van der Waals surface area contributed by atoms with Crippen molar-refractivity contribution < 1.29 is 19.1 Å². The molecule has 0 fully saturated rings. The molecule has 0 aliphatic rings. The van der Waals surface area contributed by atoms with Crippen LogP contribution in [0.2, 0.25) is 0 Å². The van der Waals surface area contributed by atoms with E-state index in [-0.39, 0.29) is 12.5 Å². The van der Waals surface area contributed by atoms with E-state index in [1.807, 2.05) is 44.2 Å². The summed E-state index contributed by atoms with van der Waals surface area (Å²) >= 11 is 0. The van der Waals surface area contributed by atoms with Crippen LogP contribution in [0.1, 0.15) is 25.8 Å². The number of esters is 1. The van der Waals surface area contributed by atoms with Gasteiger partial charge in [-0.2, -0.15) is 0 Å². The van der Waals surface area contributed by atoms with Crippen molar-refractivity contribution in [2.24, 2.45) is 5.92 Å². The molecule has 5 heteroatoms. The summed E-state index contributed by atoms with van der Waals surface area (Å²) in [6.45, 7) is 7.38. The molecule has 1 aromatic rings. The van der Waals surface area contributed by atoms with Crippen LogP contribution in [0.25, 0.3) is 0 Å². The lowest BCUT2D eigenvalue weighted by molar-refractivity contribution is -0.140. The Kier molecular flexibility index (Phi) is 7.01. The average Bonchev–Trinajstić information content (AvgIpc) is 2.45. The maximum absolute atomic E-state index is 11.8. The van der Waals surface area contributed by atoms with E-state index in [4.69, 9.17) is 9.47 Å². The molecule has 1 atom stereocenters. The Bertz CT molecular complexity index is 470. The summed E-state index contributed by atoms with van der Waals surface area (Å²) in [5.74, 6) is -0.322. The number of rotatable bonds is 7. The monoisotopic (exact) mass is 291 g/mol. The van der Waals surface area contributed by atoms with E-state index in [2.05, 4.69) is 11.9 Å². The quantitative estimate of drug-likeness (QED) is 0.619. The molecule has 0 heterocycles. The number of nitrogens with one attached hydrogen (secondary N) is 1. The van der Waals surface area contributed by atoms with Crippen molar-refractivity contribution in [3.63, 3.8) is 0 Å². The van der Waals surface area contributed by atoms with Crippen LogP contribution in [0.15, 0.2) is 43.2 Å². The Labute approximate surface area is 124 Å². The average molecular weight is 291 g/mol. The van der Waals surface area contributed by atoms with Gasteiger partial charge in [0.05, 0.1) is 6.26 Å². The SMILES string of the molecule is C=COC(=O)[C@H](CC(C)C)NC(=O)OCc1ccccc1. The standard InChI is InChI=1S/C16H21NO4/c1-4-20-15(18)14(10-12(2)3)17-16(19)21-11-13-8-6-5-7-9-13/h4-9,12,14H,1,10-11H2,2-3H3,(H,17,19)/t14-/m0/s1. The second kappa shape index (κ2) is 8.79. The Morgan fingerprint density at radius 1 is 1.29 bits per heavy atom. The minimum absolute atomic E-state index is 0.150. The smallest absolute Gasteiger partial charge is 0.408 e. The highest BCUT2D eigenvalue weighted by Crippen LogP contribution is 2.08. The minimum Gasteiger partial charge on any atom is -0.445 e. The highest BCUT2D eigenvalue weighted by atomic mass is 16.6. The Morgan fingerprint density at radius 2 is 1.95 bits per heavy atom. The van der Waals surface area contributed by atoms with Crippen molar-refractivity contribution >= 4 is 12.1 Å². The van der Waals surface area contributed by atoms with E-state index in [1.54, 1.807) is 0 Å². The van der Waals surface area contributed by atoms with Gasteiger partial charge in [-0.05, 0) is 17.9 Å². The normalized spacial score (nSPS) is 11.6. The van der Waals surface area contributed by atoms with Crippen molar-refractivity contribution in [1.82, 2.24) is 5.32 Å². The number of carbonyl (C=O) groups is 2. The number of carbonyl (C=O) groups excluding carboxylic acids is 2. The van der Waals surface area contributed by atoms with Crippen LogP contribution in [0.5, 0.6) is 0 Å². The lowest BCUT2D eigenvalue weighted by Crippen LogP contribution is -2.42. The van der Waals surface area contributed by atoms with E-state index in [0.29, 0.717) is 6.42 Å². The number of alkyl carbamates (subject to hydrolysis) is 1. The molecule has 0 spiro atoms. The van der Waals surface area contributed by atoms with Crippen LogP contribution in [0.3, 0.4) is 0 Å². The molecule has 0 saturated carbocycles. The Balaban J connectivity index is 2.51. The number of ether oxygens (including phenoxy) is 2. The van der Waals surface area contributed by atoms with Gasteiger partial charge in [-0.3, -0.25) is 0 Å². The molecule has 0 radical (unpaired) electrons. The van der Waals surface area contributed by atoms with Gasteiger partial charge in [0, 0.05) is 0 Å². The fourth-order valence-electron chi connectivity index (χ4n) is 1.76. The third kappa shape index (κ3) is 6.61. The van der Waals surface area contributed by atoms with Crippen molar-refractivity contribution in [3.05, 3.63) is 48.7 Å². The summed E-state index contributed by atoms with van der Waals surface area (Å²) in [6, 6.07) is 8.56. The van der Waals surface area contributed by atoms with E-state index in [9.17, 15) is 9.59 Å². The molecule has 1 rings (SSSR count). The van der Waals surface area contributed by atoms with Crippen LogP contribution in [0.4, 0.5) is 4.79 Å². The molecule has 0 aliphatic carbocycles. The van der Waals surface area contributed by atoms with Crippen LogP contribution < -0.4 is 5.32 Å². The van der Waals surface area contributed by atoms with Gasteiger partial charge in [0.2, 0.25) is 0 Å². The maximum Gasteiger partial charge on any atom is 0.408 e. The van der Waals surface area contributed by atoms with E-state index >= 15 is 0 Å². The first kappa shape index (κ1) is 16.8. The van der Waals surface area contributed by atoms with Crippen molar-refractivity contribution in [3.8, 4) is 0 Å². The Morgan fingerprint density at radius 3 is 2.52 bits per heavy atom. The zero-order chi connectivity index (χ0) is 15.7. The predicted octanol–water partition coefficient (Wildman–Crippen LogP) is 3.01. The maximum atomic E-state index is 11.8.